The van der Waals surface area contributed by atoms with Crippen molar-refractivity contribution in [2.24, 2.45) is 0 Å². The first-order valence-corrected chi connectivity index (χ1v) is 18.4. The molecular weight excluding hydrogens is 731 g/mol. The Morgan fingerprint density at radius 3 is 2.11 bits per heavy atom. The van der Waals surface area contributed by atoms with Gasteiger partial charge in [-0.2, -0.15) is 0 Å². The summed E-state index contributed by atoms with van der Waals surface area (Å²) in [5.41, 5.74) is 4.54. The molecular formula is C42H46N7O8+. The number of nitrogens with zero attached hydrogens (tertiary/aromatic N) is 6. The van der Waals surface area contributed by atoms with Gasteiger partial charge in [0.2, 0.25) is 11.2 Å². The Labute approximate surface area is 329 Å². The molecule has 57 heavy (non-hydrogen) atoms. The van der Waals surface area contributed by atoms with Crippen molar-refractivity contribution in [2.45, 2.75) is 6.92 Å². The summed E-state index contributed by atoms with van der Waals surface area (Å²) in [6, 6.07) is 23.8. The summed E-state index contributed by atoms with van der Waals surface area (Å²) in [6.45, 7) is 4.51. The summed E-state index contributed by atoms with van der Waals surface area (Å²) in [5.74, 6) is 0.724. The highest BCUT2D eigenvalue weighted by molar-refractivity contribution is 6.09. The van der Waals surface area contributed by atoms with Crippen LogP contribution in [0.2, 0.25) is 0 Å². The van der Waals surface area contributed by atoms with Crippen molar-refractivity contribution in [1.82, 2.24) is 30.3 Å². The fourth-order valence-corrected chi connectivity index (χ4v) is 5.99. The number of nitrogens with one attached hydrogen (secondary N) is 1. The summed E-state index contributed by atoms with van der Waals surface area (Å²) in [5, 5.41) is 30.8. The van der Waals surface area contributed by atoms with Crippen LogP contribution in [0.3, 0.4) is 0 Å². The molecule has 0 unspecified atom stereocenters. The topological polar surface area (TPSA) is 174 Å². The van der Waals surface area contributed by atoms with Gasteiger partial charge in [-0.3, -0.25) is 4.79 Å². The van der Waals surface area contributed by atoms with Crippen molar-refractivity contribution in [3.05, 3.63) is 101 Å². The zero-order valence-corrected chi connectivity index (χ0v) is 32.7. The molecule has 15 nitrogen and oxygen atoms in total. The minimum atomic E-state index is -1.15. The lowest BCUT2D eigenvalue weighted by Crippen LogP contribution is -2.28. The molecule has 2 aliphatic rings. The lowest BCUT2D eigenvalue weighted by Gasteiger charge is -2.19. The zero-order valence-electron chi connectivity index (χ0n) is 32.7. The lowest BCUT2D eigenvalue weighted by molar-refractivity contribution is 0.00988. The summed E-state index contributed by atoms with van der Waals surface area (Å²) in [7, 11) is 7.78. The molecule has 0 atom stereocenters. The van der Waals surface area contributed by atoms with Gasteiger partial charge in [0, 0.05) is 66.1 Å². The summed E-state index contributed by atoms with van der Waals surface area (Å²) < 4.78 is 30.8. The van der Waals surface area contributed by atoms with Crippen molar-refractivity contribution in [3.63, 3.8) is 0 Å². The monoisotopic (exact) mass is 776 g/mol. The standard InChI is InChI=1S/C42H45N7O8/c1-27-44-46-40(47-45-27)28-6-11-32(12-7-28)56-23-22-55-21-20-54-19-18-53-17-16-43-41(50)29-8-13-33(36(24-29)42(51)52)39-34-14-9-30(48(2)3)25-37(34)57-38-26-31(49(4)5)10-15-35(38)39/h6-15,24-26H,16-23H2,1-5H3,(H-,43,50,51,52)/p+1. The summed E-state index contributed by atoms with van der Waals surface area (Å²) in [6.07, 6.45) is 0. The Hall–Kier alpha value is -6.29. The molecule has 296 valence electrons. The van der Waals surface area contributed by atoms with E-state index in [-0.39, 0.29) is 24.3 Å². The number of aromatic carboxylic acids is 1. The van der Waals surface area contributed by atoms with Gasteiger partial charge in [-0.15, -0.1) is 20.4 Å². The molecule has 0 radical (unpaired) electrons. The third-order valence-electron chi connectivity index (χ3n) is 8.97. The van der Waals surface area contributed by atoms with E-state index in [0.29, 0.717) is 79.5 Å². The minimum absolute atomic E-state index is 0.00533. The normalized spacial score (nSPS) is 11.2. The lowest BCUT2D eigenvalue weighted by atomic mass is 9.89. The van der Waals surface area contributed by atoms with Crippen molar-refractivity contribution >= 4 is 28.5 Å². The molecule has 1 aromatic heterocycles. The molecule has 1 amide bonds. The van der Waals surface area contributed by atoms with Gasteiger partial charge in [0.15, 0.2) is 5.82 Å². The highest BCUT2D eigenvalue weighted by Crippen LogP contribution is 2.42. The van der Waals surface area contributed by atoms with Gasteiger partial charge in [0.25, 0.3) is 5.91 Å². The second kappa shape index (κ2) is 19.0. The molecule has 0 saturated carbocycles. The number of carbonyl (C=O) groups is 2. The molecule has 6 rings (SSSR count). The molecule has 0 fully saturated rings. The molecule has 0 saturated heterocycles. The molecule has 4 aromatic rings. The van der Waals surface area contributed by atoms with Crippen LogP contribution in [0.5, 0.6) is 5.75 Å². The minimum Gasteiger partial charge on any atom is -0.491 e. The SMILES string of the molecule is Cc1nnc(-c2ccc(OCCOCCOCCOCCNC(=O)c3ccc(-c4c5ccc(=[N+](C)C)cc-5oc5cc(N(C)C)ccc45)c(C(=O)O)c3)cc2)nn1. The largest absolute Gasteiger partial charge is 0.491 e. The predicted octanol–water partition coefficient (Wildman–Crippen LogP) is 4.41. The fraction of sp³-hybridized carbons (Fsp3) is 0.310. The number of fused-ring (bicyclic) bond motifs is 2. The van der Waals surface area contributed by atoms with E-state index in [1.54, 1.807) is 19.1 Å². The number of hydrogen-bond acceptors (Lipinski definition) is 12. The van der Waals surface area contributed by atoms with Crippen molar-refractivity contribution in [2.75, 3.05) is 85.9 Å². The van der Waals surface area contributed by atoms with Crippen LogP contribution in [0.15, 0.2) is 83.3 Å². The van der Waals surface area contributed by atoms with Crippen molar-refractivity contribution < 1.29 is 38.1 Å². The third-order valence-corrected chi connectivity index (χ3v) is 8.97. The number of amides is 1. The smallest absolute Gasteiger partial charge is 0.336 e. The van der Waals surface area contributed by atoms with E-state index in [4.69, 9.17) is 23.4 Å². The van der Waals surface area contributed by atoms with Crippen LogP contribution < -0.4 is 24.9 Å². The van der Waals surface area contributed by atoms with Gasteiger partial charge >= 0.3 is 5.97 Å². The maximum Gasteiger partial charge on any atom is 0.336 e. The van der Waals surface area contributed by atoms with E-state index in [1.807, 2.05) is 98.3 Å². The second-order valence-corrected chi connectivity index (χ2v) is 13.4. The molecule has 1 aliphatic heterocycles. The van der Waals surface area contributed by atoms with E-state index >= 15 is 0 Å². The Bertz CT molecular complexity index is 2360. The van der Waals surface area contributed by atoms with Gasteiger partial charge in [0.05, 0.1) is 51.3 Å². The molecule has 15 heteroatoms. The molecule has 0 bridgehead atoms. The number of benzene rings is 4. The Kier molecular flexibility index (Phi) is 13.5. The third kappa shape index (κ3) is 10.3. The van der Waals surface area contributed by atoms with Crippen LogP contribution in [-0.4, -0.2) is 118 Å². The van der Waals surface area contributed by atoms with E-state index in [2.05, 4.69) is 25.7 Å². The highest BCUT2D eigenvalue weighted by atomic mass is 16.6. The molecule has 2 N–H and O–H groups in total. The van der Waals surface area contributed by atoms with E-state index in [9.17, 15) is 14.7 Å². The Morgan fingerprint density at radius 2 is 1.44 bits per heavy atom. The van der Waals surface area contributed by atoms with Gasteiger partial charge < -0.3 is 38.7 Å². The first-order valence-electron chi connectivity index (χ1n) is 18.4. The van der Waals surface area contributed by atoms with Crippen LogP contribution in [0.1, 0.15) is 26.5 Å². The number of carbonyl (C=O) groups excluding carboxylic acids is 1. The van der Waals surface area contributed by atoms with Crippen LogP contribution in [-0.2, 0) is 14.2 Å². The van der Waals surface area contributed by atoms with Gasteiger partial charge in [-0.1, -0.05) is 6.07 Å². The van der Waals surface area contributed by atoms with E-state index in [0.717, 1.165) is 27.6 Å². The first-order chi connectivity index (χ1) is 27.6. The molecule has 2 heterocycles. The number of anilines is 1. The summed E-state index contributed by atoms with van der Waals surface area (Å²) in [4.78, 5) is 27.8. The maximum absolute atomic E-state index is 13.1. The van der Waals surface area contributed by atoms with Crippen LogP contribution in [0.25, 0.3) is 44.8 Å². The quantitative estimate of drug-likeness (QED) is 0.0715. The molecule has 0 spiro atoms. The Balaban J connectivity index is 0.942. The van der Waals surface area contributed by atoms with Crippen molar-refractivity contribution in [1.29, 1.82) is 0 Å². The number of aromatic nitrogens is 4. The van der Waals surface area contributed by atoms with Gasteiger partial charge in [-0.05, 0) is 67.1 Å². The van der Waals surface area contributed by atoms with Crippen LogP contribution >= 0.6 is 0 Å². The number of hydrogen-bond donors (Lipinski definition) is 2. The van der Waals surface area contributed by atoms with Crippen molar-refractivity contribution in [3.8, 4) is 39.6 Å². The molecule has 1 aliphatic carbocycles. The number of ether oxygens (including phenoxy) is 4. The predicted molar refractivity (Wildman–Crippen MR) is 215 cm³/mol. The number of aryl methyl sites for hydroxylation is 1. The fourth-order valence-electron chi connectivity index (χ4n) is 5.99. The summed E-state index contributed by atoms with van der Waals surface area (Å²) >= 11 is 0. The molecule has 3 aromatic carbocycles. The number of rotatable bonds is 18. The number of carboxylic acid groups (broad SMARTS) is 1. The highest BCUT2D eigenvalue weighted by Gasteiger charge is 2.23. The maximum atomic E-state index is 13.1. The van der Waals surface area contributed by atoms with Gasteiger partial charge in [0.1, 0.15) is 37.8 Å². The number of carboxylic acids is 1. The first kappa shape index (κ1) is 40.4. The zero-order chi connectivity index (χ0) is 40.3. The second-order valence-electron chi connectivity index (χ2n) is 13.4. The van der Waals surface area contributed by atoms with E-state index in [1.165, 1.54) is 6.07 Å². The average Bonchev–Trinajstić information content (AvgIpc) is 3.21. The average molecular weight is 777 g/mol. The van der Waals surface area contributed by atoms with Crippen LogP contribution in [0.4, 0.5) is 5.69 Å². The van der Waals surface area contributed by atoms with E-state index < -0.39 is 11.9 Å². The van der Waals surface area contributed by atoms with Gasteiger partial charge in [-0.25, -0.2) is 9.37 Å². The van der Waals surface area contributed by atoms with Crippen LogP contribution in [0, 0.1) is 6.92 Å². The Morgan fingerprint density at radius 1 is 0.772 bits per heavy atom.